The second kappa shape index (κ2) is 6.42. The lowest BCUT2D eigenvalue weighted by molar-refractivity contribution is 0.103. The molecule has 0 heterocycles. The summed E-state index contributed by atoms with van der Waals surface area (Å²) in [6.45, 7) is 4.31. The van der Waals surface area contributed by atoms with Crippen molar-refractivity contribution in [1.82, 2.24) is 0 Å². The van der Waals surface area contributed by atoms with Crippen LogP contribution >= 0.6 is 27.5 Å². The average Bonchev–Trinajstić information content (AvgIpc) is 2.39. The summed E-state index contributed by atoms with van der Waals surface area (Å²) < 4.78 is 6.36. The molecule has 0 atom stereocenters. The van der Waals surface area contributed by atoms with Gasteiger partial charge in [-0.3, -0.25) is 4.79 Å². The Kier molecular flexibility index (Phi) is 4.84. The number of ketones is 1. The molecule has 0 aliphatic carbocycles. The van der Waals surface area contributed by atoms with Gasteiger partial charge in [0, 0.05) is 15.1 Å². The minimum Gasteiger partial charge on any atom is -0.493 e. The van der Waals surface area contributed by atoms with Crippen LogP contribution in [0.3, 0.4) is 0 Å². The van der Waals surface area contributed by atoms with Gasteiger partial charge in [-0.15, -0.1) is 0 Å². The number of benzene rings is 2. The van der Waals surface area contributed by atoms with Crippen molar-refractivity contribution in [3.63, 3.8) is 0 Å². The van der Waals surface area contributed by atoms with Crippen LogP contribution in [0.15, 0.2) is 40.9 Å². The van der Waals surface area contributed by atoms with E-state index in [9.17, 15) is 4.79 Å². The van der Waals surface area contributed by atoms with Crippen molar-refractivity contribution in [2.45, 2.75) is 13.8 Å². The van der Waals surface area contributed by atoms with Crippen LogP contribution in [-0.2, 0) is 0 Å². The Labute approximate surface area is 131 Å². The summed E-state index contributed by atoms with van der Waals surface area (Å²) >= 11 is 9.40. The molecule has 0 amide bonds. The van der Waals surface area contributed by atoms with Crippen LogP contribution in [-0.4, -0.2) is 12.4 Å². The van der Waals surface area contributed by atoms with Crippen molar-refractivity contribution in [3.05, 3.63) is 62.6 Å². The number of halogens is 2. The monoisotopic (exact) mass is 352 g/mol. The number of rotatable bonds is 4. The van der Waals surface area contributed by atoms with Crippen LogP contribution in [0.25, 0.3) is 0 Å². The fourth-order valence-corrected chi connectivity index (χ4v) is 2.63. The van der Waals surface area contributed by atoms with E-state index in [-0.39, 0.29) is 5.78 Å². The molecule has 0 unspecified atom stereocenters. The Balaban J connectivity index is 2.49. The van der Waals surface area contributed by atoms with Crippen molar-refractivity contribution in [3.8, 4) is 5.75 Å². The molecule has 0 aromatic heterocycles. The molecule has 2 aromatic carbocycles. The van der Waals surface area contributed by atoms with Gasteiger partial charge >= 0.3 is 0 Å². The first-order valence-corrected chi connectivity index (χ1v) is 7.42. The Bertz CT molecular complexity index is 633. The second-order valence-electron chi connectivity index (χ2n) is 4.42. The molecule has 0 saturated carbocycles. The topological polar surface area (TPSA) is 26.3 Å². The van der Waals surface area contributed by atoms with Gasteiger partial charge in [-0.2, -0.15) is 0 Å². The van der Waals surface area contributed by atoms with Gasteiger partial charge < -0.3 is 4.74 Å². The third-order valence-electron chi connectivity index (χ3n) is 2.79. The molecule has 20 heavy (non-hydrogen) atoms. The maximum Gasteiger partial charge on any atom is 0.196 e. The lowest BCUT2D eigenvalue weighted by atomic mass is 10.0. The van der Waals surface area contributed by atoms with Gasteiger partial charge in [-0.1, -0.05) is 27.5 Å². The average molecular weight is 354 g/mol. The van der Waals surface area contributed by atoms with Crippen molar-refractivity contribution >= 4 is 33.3 Å². The van der Waals surface area contributed by atoms with E-state index in [1.165, 1.54) is 0 Å². The standard InChI is InChI=1S/C16H14BrClO2/c1-3-20-15-5-4-12(17)9-14(15)16(19)11-6-10(2)7-13(18)8-11/h4-9H,3H2,1-2H3. The first kappa shape index (κ1) is 15.1. The summed E-state index contributed by atoms with van der Waals surface area (Å²) in [5, 5.41) is 0.557. The molecule has 0 fully saturated rings. The Morgan fingerprint density at radius 1 is 1.25 bits per heavy atom. The van der Waals surface area contributed by atoms with Crippen molar-refractivity contribution in [2.24, 2.45) is 0 Å². The molecule has 0 radical (unpaired) electrons. The summed E-state index contributed by atoms with van der Waals surface area (Å²) in [6.07, 6.45) is 0. The lowest BCUT2D eigenvalue weighted by Crippen LogP contribution is -2.06. The highest BCUT2D eigenvalue weighted by molar-refractivity contribution is 9.10. The predicted molar refractivity (Wildman–Crippen MR) is 84.9 cm³/mol. The van der Waals surface area contributed by atoms with Crippen LogP contribution in [0.4, 0.5) is 0 Å². The van der Waals surface area contributed by atoms with Crippen LogP contribution in [0, 0.1) is 6.92 Å². The van der Waals surface area contributed by atoms with Gasteiger partial charge in [0.1, 0.15) is 5.75 Å². The van der Waals surface area contributed by atoms with Crippen molar-refractivity contribution < 1.29 is 9.53 Å². The van der Waals surface area contributed by atoms with E-state index < -0.39 is 0 Å². The first-order valence-electron chi connectivity index (χ1n) is 6.25. The summed E-state index contributed by atoms with van der Waals surface area (Å²) in [6, 6.07) is 10.7. The van der Waals surface area contributed by atoms with Crippen LogP contribution in [0.1, 0.15) is 28.4 Å². The van der Waals surface area contributed by atoms with E-state index in [0.717, 1.165) is 10.0 Å². The van der Waals surface area contributed by atoms with Gasteiger partial charge in [0.15, 0.2) is 5.78 Å². The summed E-state index contributed by atoms with van der Waals surface area (Å²) in [5.41, 5.74) is 2.05. The highest BCUT2D eigenvalue weighted by Gasteiger charge is 2.16. The number of carbonyl (C=O) groups excluding carboxylic acids is 1. The van der Waals surface area contributed by atoms with Crippen LogP contribution < -0.4 is 4.74 Å². The largest absolute Gasteiger partial charge is 0.493 e. The minimum atomic E-state index is -0.0969. The molecular weight excluding hydrogens is 340 g/mol. The molecule has 2 rings (SSSR count). The fraction of sp³-hybridized carbons (Fsp3) is 0.188. The zero-order valence-corrected chi connectivity index (χ0v) is 13.6. The molecule has 104 valence electrons. The third-order valence-corrected chi connectivity index (χ3v) is 3.50. The zero-order chi connectivity index (χ0) is 14.7. The number of hydrogen-bond donors (Lipinski definition) is 0. The molecule has 0 spiro atoms. The molecule has 0 bridgehead atoms. The van der Waals surface area contributed by atoms with E-state index in [4.69, 9.17) is 16.3 Å². The second-order valence-corrected chi connectivity index (χ2v) is 5.77. The zero-order valence-electron chi connectivity index (χ0n) is 11.2. The maximum atomic E-state index is 12.6. The summed E-state index contributed by atoms with van der Waals surface area (Å²) in [4.78, 5) is 12.6. The predicted octanol–water partition coefficient (Wildman–Crippen LogP) is 5.04. The Hall–Kier alpha value is -1.32. The Morgan fingerprint density at radius 3 is 2.65 bits per heavy atom. The van der Waals surface area contributed by atoms with Gasteiger partial charge in [0.2, 0.25) is 0 Å². The fourth-order valence-electron chi connectivity index (χ4n) is 1.98. The van der Waals surface area contributed by atoms with E-state index in [1.807, 2.05) is 32.0 Å². The normalized spacial score (nSPS) is 10.4. The Morgan fingerprint density at radius 2 is 2.00 bits per heavy atom. The number of aryl methyl sites for hydroxylation is 1. The minimum absolute atomic E-state index is 0.0969. The molecule has 0 N–H and O–H groups in total. The molecule has 0 aliphatic heterocycles. The van der Waals surface area contributed by atoms with Gasteiger partial charge in [0.05, 0.1) is 12.2 Å². The highest BCUT2D eigenvalue weighted by Crippen LogP contribution is 2.27. The number of ether oxygens (including phenoxy) is 1. The third kappa shape index (κ3) is 3.41. The van der Waals surface area contributed by atoms with Crippen LogP contribution in [0.2, 0.25) is 5.02 Å². The van der Waals surface area contributed by atoms with Gasteiger partial charge in [-0.05, 0) is 55.8 Å². The summed E-state index contributed by atoms with van der Waals surface area (Å²) in [7, 11) is 0. The summed E-state index contributed by atoms with van der Waals surface area (Å²) in [5.74, 6) is 0.485. The smallest absolute Gasteiger partial charge is 0.196 e. The molecule has 2 aromatic rings. The number of carbonyl (C=O) groups is 1. The maximum absolute atomic E-state index is 12.6. The molecule has 4 heteroatoms. The van der Waals surface area contributed by atoms with E-state index in [1.54, 1.807) is 18.2 Å². The van der Waals surface area contributed by atoms with Gasteiger partial charge in [-0.25, -0.2) is 0 Å². The van der Waals surface area contributed by atoms with Crippen molar-refractivity contribution in [1.29, 1.82) is 0 Å². The molecule has 0 aliphatic rings. The van der Waals surface area contributed by atoms with Crippen molar-refractivity contribution in [2.75, 3.05) is 6.61 Å². The highest BCUT2D eigenvalue weighted by atomic mass is 79.9. The van der Waals surface area contributed by atoms with E-state index in [0.29, 0.717) is 28.5 Å². The molecular formula is C16H14BrClO2. The lowest BCUT2D eigenvalue weighted by Gasteiger charge is -2.10. The first-order chi connectivity index (χ1) is 9.51. The van der Waals surface area contributed by atoms with Gasteiger partial charge in [0.25, 0.3) is 0 Å². The number of hydrogen-bond acceptors (Lipinski definition) is 2. The molecule has 0 saturated heterocycles. The van der Waals surface area contributed by atoms with E-state index >= 15 is 0 Å². The van der Waals surface area contributed by atoms with E-state index in [2.05, 4.69) is 15.9 Å². The SMILES string of the molecule is CCOc1ccc(Br)cc1C(=O)c1cc(C)cc(Cl)c1. The molecule has 2 nitrogen and oxygen atoms in total. The van der Waals surface area contributed by atoms with Crippen LogP contribution in [0.5, 0.6) is 5.75 Å². The quantitative estimate of drug-likeness (QED) is 0.720.